The number of carbonyl (C=O) groups excluding carboxylic acids is 2. The van der Waals surface area contributed by atoms with Gasteiger partial charge in [0.2, 0.25) is 0 Å². The maximum absolute atomic E-state index is 10.9. The number of amides is 2. The molecule has 0 saturated carbocycles. The molecule has 0 bridgehead atoms. The van der Waals surface area contributed by atoms with Crippen molar-refractivity contribution in [1.82, 2.24) is 10.7 Å². The van der Waals surface area contributed by atoms with Crippen LogP contribution in [0.25, 0.3) is 0 Å². The fourth-order valence-corrected chi connectivity index (χ4v) is 0.860. The smallest absolute Gasteiger partial charge is 0.323 e. The topological polar surface area (TPSA) is 84.2 Å². The van der Waals surface area contributed by atoms with Gasteiger partial charge in [0.15, 0.2) is 0 Å². The molecule has 12 heavy (non-hydrogen) atoms. The standard InChI is InChI=1S/C7H15N3O2/c1-3-4-5(2)9-6(11)7(12)10-8/h5H,3-4,8H2,1-2H3,(H,9,11)(H,10,12). The minimum absolute atomic E-state index is 0.0137. The zero-order valence-corrected chi connectivity index (χ0v) is 7.39. The van der Waals surface area contributed by atoms with Crippen LogP contribution in [-0.2, 0) is 9.59 Å². The second-order valence-corrected chi connectivity index (χ2v) is 2.64. The van der Waals surface area contributed by atoms with E-state index in [0.29, 0.717) is 0 Å². The Morgan fingerprint density at radius 2 is 2.00 bits per heavy atom. The minimum atomic E-state index is -0.807. The second-order valence-electron chi connectivity index (χ2n) is 2.64. The van der Waals surface area contributed by atoms with Crippen molar-refractivity contribution in [3.05, 3.63) is 0 Å². The van der Waals surface area contributed by atoms with Crippen LogP contribution in [0.4, 0.5) is 0 Å². The van der Waals surface area contributed by atoms with E-state index in [1.54, 1.807) is 5.43 Å². The molecule has 0 aromatic rings. The van der Waals surface area contributed by atoms with Crippen molar-refractivity contribution >= 4 is 11.8 Å². The van der Waals surface area contributed by atoms with Gasteiger partial charge in [0.05, 0.1) is 0 Å². The van der Waals surface area contributed by atoms with E-state index in [-0.39, 0.29) is 6.04 Å². The summed E-state index contributed by atoms with van der Waals surface area (Å²) in [5.74, 6) is 3.27. The Hall–Kier alpha value is -1.10. The predicted molar refractivity (Wildman–Crippen MR) is 44.8 cm³/mol. The van der Waals surface area contributed by atoms with E-state index in [0.717, 1.165) is 12.8 Å². The average molecular weight is 173 g/mol. The number of carbonyl (C=O) groups is 2. The Morgan fingerprint density at radius 3 is 2.42 bits per heavy atom. The van der Waals surface area contributed by atoms with Crippen LogP contribution in [0.15, 0.2) is 0 Å². The molecule has 0 spiro atoms. The van der Waals surface area contributed by atoms with Crippen LogP contribution in [0.5, 0.6) is 0 Å². The third-order valence-electron chi connectivity index (χ3n) is 1.44. The van der Waals surface area contributed by atoms with Gasteiger partial charge < -0.3 is 5.32 Å². The monoisotopic (exact) mass is 173 g/mol. The van der Waals surface area contributed by atoms with Crippen LogP contribution >= 0.6 is 0 Å². The lowest BCUT2D eigenvalue weighted by Gasteiger charge is -2.10. The molecule has 0 radical (unpaired) electrons. The molecule has 0 heterocycles. The van der Waals surface area contributed by atoms with Gasteiger partial charge in [0, 0.05) is 6.04 Å². The summed E-state index contributed by atoms with van der Waals surface area (Å²) in [6, 6.07) is 0.0137. The summed E-state index contributed by atoms with van der Waals surface area (Å²) in [4.78, 5) is 21.5. The Labute approximate surface area is 71.7 Å². The van der Waals surface area contributed by atoms with Gasteiger partial charge in [0.25, 0.3) is 0 Å². The lowest BCUT2D eigenvalue weighted by molar-refractivity contribution is -0.139. The molecule has 0 aromatic carbocycles. The lowest BCUT2D eigenvalue weighted by atomic mass is 10.2. The quantitative estimate of drug-likeness (QED) is 0.228. The highest BCUT2D eigenvalue weighted by Crippen LogP contribution is 1.93. The van der Waals surface area contributed by atoms with Gasteiger partial charge in [-0.05, 0) is 13.3 Å². The van der Waals surface area contributed by atoms with Crippen molar-refractivity contribution in [3.63, 3.8) is 0 Å². The van der Waals surface area contributed by atoms with Crippen molar-refractivity contribution in [3.8, 4) is 0 Å². The van der Waals surface area contributed by atoms with Crippen molar-refractivity contribution < 1.29 is 9.59 Å². The fourth-order valence-electron chi connectivity index (χ4n) is 0.860. The van der Waals surface area contributed by atoms with E-state index in [1.807, 2.05) is 13.8 Å². The molecule has 0 aliphatic carbocycles. The Balaban J connectivity index is 3.76. The van der Waals surface area contributed by atoms with Gasteiger partial charge in [-0.2, -0.15) is 0 Å². The molecule has 0 rings (SSSR count). The third-order valence-corrected chi connectivity index (χ3v) is 1.44. The molecular formula is C7H15N3O2. The summed E-state index contributed by atoms with van der Waals surface area (Å²) < 4.78 is 0. The predicted octanol–water partition coefficient (Wildman–Crippen LogP) is -0.719. The molecule has 0 aliphatic heterocycles. The van der Waals surface area contributed by atoms with Gasteiger partial charge in [-0.1, -0.05) is 13.3 Å². The molecule has 0 aromatic heterocycles. The first-order chi connectivity index (χ1) is 5.61. The summed E-state index contributed by atoms with van der Waals surface area (Å²) in [5.41, 5.74) is 1.76. The summed E-state index contributed by atoms with van der Waals surface area (Å²) in [6.07, 6.45) is 1.81. The molecule has 0 saturated heterocycles. The average Bonchev–Trinajstić information content (AvgIpc) is 2.03. The maximum Gasteiger partial charge on any atom is 0.323 e. The highest BCUT2D eigenvalue weighted by atomic mass is 16.2. The number of nitrogens with two attached hydrogens (primary N) is 1. The molecule has 2 amide bonds. The molecule has 70 valence electrons. The van der Waals surface area contributed by atoms with E-state index in [9.17, 15) is 9.59 Å². The van der Waals surface area contributed by atoms with Gasteiger partial charge in [-0.25, -0.2) is 5.84 Å². The SMILES string of the molecule is CCCC(C)NC(=O)C(=O)NN. The molecule has 0 fully saturated rings. The first-order valence-electron chi connectivity index (χ1n) is 3.93. The lowest BCUT2D eigenvalue weighted by Crippen LogP contribution is -2.45. The zero-order chi connectivity index (χ0) is 9.56. The van der Waals surface area contributed by atoms with Crippen molar-refractivity contribution in [2.45, 2.75) is 32.7 Å². The number of nitrogens with one attached hydrogen (secondary N) is 2. The first kappa shape index (κ1) is 10.9. The Bertz CT molecular complexity index is 170. The second kappa shape index (κ2) is 5.54. The summed E-state index contributed by atoms with van der Waals surface area (Å²) in [7, 11) is 0. The molecule has 5 heteroatoms. The molecule has 0 aliphatic rings. The van der Waals surface area contributed by atoms with Crippen LogP contribution in [0.1, 0.15) is 26.7 Å². The number of hydrogen-bond acceptors (Lipinski definition) is 3. The number of rotatable bonds is 3. The van der Waals surface area contributed by atoms with E-state index < -0.39 is 11.8 Å². The molecule has 1 unspecified atom stereocenters. The Morgan fingerprint density at radius 1 is 1.42 bits per heavy atom. The minimum Gasteiger partial charge on any atom is -0.345 e. The van der Waals surface area contributed by atoms with Gasteiger partial charge in [-0.3, -0.25) is 15.0 Å². The number of hydrazine groups is 1. The van der Waals surface area contributed by atoms with Crippen molar-refractivity contribution in [2.24, 2.45) is 5.84 Å². The van der Waals surface area contributed by atoms with Gasteiger partial charge in [-0.15, -0.1) is 0 Å². The Kier molecular flexibility index (Phi) is 5.03. The summed E-state index contributed by atoms with van der Waals surface area (Å²) in [6.45, 7) is 3.84. The fraction of sp³-hybridized carbons (Fsp3) is 0.714. The van der Waals surface area contributed by atoms with Crippen LogP contribution in [-0.4, -0.2) is 17.9 Å². The van der Waals surface area contributed by atoms with Crippen molar-refractivity contribution in [2.75, 3.05) is 0 Å². The van der Waals surface area contributed by atoms with E-state index in [1.165, 1.54) is 0 Å². The maximum atomic E-state index is 10.9. The van der Waals surface area contributed by atoms with E-state index in [2.05, 4.69) is 5.32 Å². The third kappa shape index (κ3) is 3.92. The van der Waals surface area contributed by atoms with E-state index in [4.69, 9.17) is 5.84 Å². The van der Waals surface area contributed by atoms with Crippen LogP contribution < -0.4 is 16.6 Å². The largest absolute Gasteiger partial charge is 0.345 e. The highest BCUT2D eigenvalue weighted by Gasteiger charge is 2.13. The van der Waals surface area contributed by atoms with Gasteiger partial charge in [0.1, 0.15) is 0 Å². The normalized spacial score (nSPS) is 11.9. The molecule has 4 N–H and O–H groups in total. The number of hydrogen-bond donors (Lipinski definition) is 3. The van der Waals surface area contributed by atoms with Crippen LogP contribution in [0.3, 0.4) is 0 Å². The zero-order valence-electron chi connectivity index (χ0n) is 7.39. The summed E-state index contributed by atoms with van der Waals surface area (Å²) in [5, 5.41) is 2.50. The molecular weight excluding hydrogens is 158 g/mol. The van der Waals surface area contributed by atoms with Crippen LogP contribution in [0.2, 0.25) is 0 Å². The van der Waals surface area contributed by atoms with E-state index >= 15 is 0 Å². The van der Waals surface area contributed by atoms with Crippen molar-refractivity contribution in [1.29, 1.82) is 0 Å². The molecule has 5 nitrogen and oxygen atoms in total. The van der Waals surface area contributed by atoms with Crippen LogP contribution in [0, 0.1) is 0 Å². The highest BCUT2D eigenvalue weighted by molar-refractivity contribution is 6.34. The first-order valence-corrected chi connectivity index (χ1v) is 3.93. The van der Waals surface area contributed by atoms with Gasteiger partial charge >= 0.3 is 11.8 Å². The molecule has 1 atom stereocenters. The summed E-state index contributed by atoms with van der Waals surface area (Å²) >= 11 is 0.